The molecular formula is C9H5Cl2F3. The molecule has 0 radical (unpaired) electrons. The predicted molar refractivity (Wildman–Crippen MR) is 51.6 cm³/mol. The van der Waals surface area contributed by atoms with E-state index in [-0.39, 0.29) is 21.7 Å². The Bertz CT molecular complexity index is 335. The number of allylic oxidation sites excluding steroid dienone is 1. The van der Waals surface area contributed by atoms with E-state index in [1.165, 1.54) is 12.1 Å². The van der Waals surface area contributed by atoms with Gasteiger partial charge in [-0.1, -0.05) is 29.3 Å². The summed E-state index contributed by atoms with van der Waals surface area (Å²) in [5.74, 6) is 0. The molecule has 0 bridgehead atoms. The standard InChI is InChI=1S/C9H5Cl2F3/c10-7-2-1-3-8(11)6(7)4-5-9(12,13)14/h1-5H/b5-4+. The summed E-state index contributed by atoms with van der Waals surface area (Å²) in [5.41, 5.74) is 0.174. The van der Waals surface area contributed by atoms with E-state index >= 15 is 0 Å². The summed E-state index contributed by atoms with van der Waals surface area (Å²) in [6, 6.07) is 4.52. The van der Waals surface area contributed by atoms with Gasteiger partial charge in [-0.05, 0) is 18.2 Å². The zero-order valence-electron chi connectivity index (χ0n) is 6.78. The molecule has 0 amide bonds. The minimum atomic E-state index is -4.36. The maximum absolute atomic E-state index is 11.8. The summed E-state index contributed by atoms with van der Waals surface area (Å²) in [4.78, 5) is 0. The van der Waals surface area contributed by atoms with Crippen molar-refractivity contribution in [1.29, 1.82) is 0 Å². The Hall–Kier alpha value is -0.670. The summed E-state index contributed by atoms with van der Waals surface area (Å²) in [5, 5.41) is 0.385. The third-order valence-corrected chi connectivity index (χ3v) is 2.10. The molecule has 1 rings (SSSR count). The Morgan fingerprint density at radius 1 is 1.07 bits per heavy atom. The highest BCUT2D eigenvalue weighted by atomic mass is 35.5. The molecule has 0 aliphatic carbocycles. The molecule has 14 heavy (non-hydrogen) atoms. The maximum Gasteiger partial charge on any atom is 0.409 e. The van der Waals surface area contributed by atoms with E-state index in [4.69, 9.17) is 23.2 Å². The summed E-state index contributed by atoms with van der Waals surface area (Å²) < 4.78 is 35.5. The summed E-state index contributed by atoms with van der Waals surface area (Å²) in [6.07, 6.45) is -3.41. The van der Waals surface area contributed by atoms with Crippen LogP contribution in [0.1, 0.15) is 5.56 Å². The van der Waals surface area contributed by atoms with Gasteiger partial charge in [0.15, 0.2) is 0 Å². The SMILES string of the molecule is FC(F)(F)/C=C/c1c(Cl)cccc1Cl. The Morgan fingerprint density at radius 2 is 1.57 bits per heavy atom. The average Bonchev–Trinajstić information content (AvgIpc) is 2.01. The van der Waals surface area contributed by atoms with Gasteiger partial charge in [-0.25, -0.2) is 0 Å². The number of alkyl halides is 3. The molecule has 0 atom stereocenters. The van der Waals surface area contributed by atoms with Crippen molar-refractivity contribution < 1.29 is 13.2 Å². The van der Waals surface area contributed by atoms with Crippen LogP contribution in [0.3, 0.4) is 0 Å². The minimum absolute atomic E-state index is 0.0973. The highest BCUT2D eigenvalue weighted by molar-refractivity contribution is 6.37. The zero-order chi connectivity index (χ0) is 10.8. The van der Waals surface area contributed by atoms with E-state index in [0.29, 0.717) is 0 Å². The van der Waals surface area contributed by atoms with Crippen molar-refractivity contribution in [2.45, 2.75) is 6.18 Å². The summed E-state index contributed by atoms with van der Waals surface area (Å²) in [7, 11) is 0. The van der Waals surface area contributed by atoms with Crippen LogP contribution in [0.25, 0.3) is 6.08 Å². The van der Waals surface area contributed by atoms with Crippen LogP contribution in [0.15, 0.2) is 24.3 Å². The Morgan fingerprint density at radius 3 is 2.00 bits per heavy atom. The molecule has 0 fully saturated rings. The molecule has 0 aliphatic rings. The first-order valence-corrected chi connectivity index (χ1v) is 4.36. The highest BCUT2D eigenvalue weighted by Gasteiger charge is 2.22. The van der Waals surface area contributed by atoms with Crippen molar-refractivity contribution in [3.63, 3.8) is 0 Å². The first-order valence-electron chi connectivity index (χ1n) is 3.60. The number of halogens is 5. The smallest absolute Gasteiger partial charge is 0.167 e. The largest absolute Gasteiger partial charge is 0.409 e. The van der Waals surface area contributed by atoms with Crippen LogP contribution in [-0.2, 0) is 0 Å². The topological polar surface area (TPSA) is 0 Å². The second-order valence-electron chi connectivity index (χ2n) is 2.51. The van der Waals surface area contributed by atoms with E-state index in [2.05, 4.69) is 0 Å². The fraction of sp³-hybridized carbons (Fsp3) is 0.111. The molecule has 1 aromatic carbocycles. The average molecular weight is 241 g/mol. The second-order valence-corrected chi connectivity index (χ2v) is 3.32. The quantitative estimate of drug-likeness (QED) is 0.675. The van der Waals surface area contributed by atoms with Crippen molar-refractivity contribution in [3.8, 4) is 0 Å². The normalized spacial score (nSPS) is 12.4. The van der Waals surface area contributed by atoms with Gasteiger partial charge in [0.05, 0.1) is 0 Å². The van der Waals surface area contributed by atoms with Crippen molar-refractivity contribution in [3.05, 3.63) is 39.9 Å². The third kappa shape index (κ3) is 3.24. The molecule has 0 saturated carbocycles. The second kappa shape index (κ2) is 4.24. The molecule has 5 heteroatoms. The van der Waals surface area contributed by atoms with Crippen LogP contribution in [0.4, 0.5) is 13.2 Å². The van der Waals surface area contributed by atoms with Gasteiger partial charge in [0.2, 0.25) is 0 Å². The van der Waals surface area contributed by atoms with Crippen molar-refractivity contribution in [2.75, 3.05) is 0 Å². The zero-order valence-corrected chi connectivity index (χ0v) is 8.29. The summed E-state index contributed by atoms with van der Waals surface area (Å²) in [6.45, 7) is 0. The fourth-order valence-corrected chi connectivity index (χ4v) is 1.37. The van der Waals surface area contributed by atoms with Gasteiger partial charge in [0, 0.05) is 21.7 Å². The number of hydrogen-bond acceptors (Lipinski definition) is 0. The van der Waals surface area contributed by atoms with E-state index in [1.807, 2.05) is 0 Å². The number of hydrogen-bond donors (Lipinski definition) is 0. The van der Waals surface area contributed by atoms with E-state index in [0.717, 1.165) is 6.08 Å². The van der Waals surface area contributed by atoms with Gasteiger partial charge >= 0.3 is 6.18 Å². The van der Waals surface area contributed by atoms with E-state index in [1.54, 1.807) is 6.07 Å². The molecule has 0 spiro atoms. The van der Waals surface area contributed by atoms with Crippen LogP contribution in [0, 0.1) is 0 Å². The van der Waals surface area contributed by atoms with E-state index in [9.17, 15) is 13.2 Å². The van der Waals surface area contributed by atoms with Crippen LogP contribution < -0.4 is 0 Å². The fourth-order valence-electron chi connectivity index (χ4n) is 0.848. The lowest BCUT2D eigenvalue weighted by Crippen LogP contribution is -2.00. The first kappa shape index (κ1) is 11.4. The van der Waals surface area contributed by atoms with Crippen LogP contribution in [-0.4, -0.2) is 6.18 Å². The molecule has 0 unspecified atom stereocenters. The molecule has 0 aromatic heterocycles. The lowest BCUT2D eigenvalue weighted by atomic mass is 10.2. The molecule has 76 valence electrons. The van der Waals surface area contributed by atoms with Gasteiger partial charge in [-0.15, -0.1) is 0 Å². The molecule has 1 aromatic rings. The molecule has 0 saturated heterocycles. The van der Waals surface area contributed by atoms with Gasteiger partial charge in [-0.2, -0.15) is 13.2 Å². The Labute approximate surface area is 88.9 Å². The summed E-state index contributed by atoms with van der Waals surface area (Å²) >= 11 is 11.3. The van der Waals surface area contributed by atoms with Gasteiger partial charge in [0.25, 0.3) is 0 Å². The van der Waals surface area contributed by atoms with Crippen LogP contribution in [0.5, 0.6) is 0 Å². The Kier molecular flexibility index (Phi) is 3.45. The van der Waals surface area contributed by atoms with Gasteiger partial charge in [-0.3, -0.25) is 0 Å². The van der Waals surface area contributed by atoms with E-state index < -0.39 is 6.18 Å². The molecule has 0 heterocycles. The van der Waals surface area contributed by atoms with Crippen molar-refractivity contribution in [1.82, 2.24) is 0 Å². The van der Waals surface area contributed by atoms with Gasteiger partial charge in [0.1, 0.15) is 0 Å². The highest BCUT2D eigenvalue weighted by Crippen LogP contribution is 2.27. The van der Waals surface area contributed by atoms with Crippen LogP contribution >= 0.6 is 23.2 Å². The van der Waals surface area contributed by atoms with Gasteiger partial charge < -0.3 is 0 Å². The van der Waals surface area contributed by atoms with Crippen molar-refractivity contribution in [2.24, 2.45) is 0 Å². The van der Waals surface area contributed by atoms with Crippen LogP contribution in [0.2, 0.25) is 10.0 Å². The molecule has 0 aliphatic heterocycles. The van der Waals surface area contributed by atoms with Crippen molar-refractivity contribution >= 4 is 29.3 Å². The third-order valence-electron chi connectivity index (χ3n) is 1.44. The number of benzene rings is 1. The number of rotatable bonds is 1. The Balaban J connectivity index is 3.03. The first-order chi connectivity index (χ1) is 6.40. The minimum Gasteiger partial charge on any atom is -0.167 e. The predicted octanol–water partition coefficient (Wildman–Crippen LogP) is 4.57. The lowest BCUT2D eigenvalue weighted by Gasteiger charge is -2.02. The molecule has 0 nitrogen and oxygen atoms in total. The lowest BCUT2D eigenvalue weighted by molar-refractivity contribution is -0.0790. The maximum atomic E-state index is 11.8. The monoisotopic (exact) mass is 240 g/mol. The molecule has 0 N–H and O–H groups in total. The molecular weight excluding hydrogens is 236 g/mol.